The first-order valence-corrected chi connectivity index (χ1v) is 7.99. The molecule has 0 fully saturated rings. The van der Waals surface area contributed by atoms with Crippen molar-refractivity contribution in [1.29, 1.82) is 0 Å². The lowest BCUT2D eigenvalue weighted by atomic mass is 10.1. The summed E-state index contributed by atoms with van der Waals surface area (Å²) in [4.78, 5) is 17.6. The number of nitrogens with zero attached hydrogens (tertiary/aromatic N) is 1. The van der Waals surface area contributed by atoms with Crippen LogP contribution in [0.4, 0.5) is 0 Å². The van der Waals surface area contributed by atoms with Crippen LogP contribution in [0.5, 0.6) is 0 Å². The summed E-state index contributed by atoms with van der Waals surface area (Å²) in [5, 5.41) is 3.69. The summed E-state index contributed by atoms with van der Waals surface area (Å²) >= 11 is 1.46. The van der Waals surface area contributed by atoms with E-state index in [4.69, 9.17) is 10.2 Å². The summed E-state index contributed by atoms with van der Waals surface area (Å²) < 4.78 is 5.32. The number of nitrogens with two attached hydrogens (primary N) is 1. The number of hydrogen-bond donors (Lipinski definition) is 2. The molecule has 0 spiro atoms. The van der Waals surface area contributed by atoms with E-state index in [0.29, 0.717) is 18.0 Å². The molecular formula is C15H21N3O2S. The van der Waals surface area contributed by atoms with Gasteiger partial charge in [0.05, 0.1) is 6.26 Å². The second-order valence-electron chi connectivity index (χ2n) is 4.95. The van der Waals surface area contributed by atoms with Crippen LogP contribution in [-0.2, 0) is 0 Å². The molecule has 5 nitrogen and oxygen atoms in total. The van der Waals surface area contributed by atoms with Gasteiger partial charge < -0.3 is 15.5 Å². The van der Waals surface area contributed by atoms with Gasteiger partial charge in [0.25, 0.3) is 5.91 Å². The summed E-state index contributed by atoms with van der Waals surface area (Å²) in [6, 6.07) is 3.65. The number of thiazole rings is 1. The molecule has 0 aliphatic rings. The zero-order valence-corrected chi connectivity index (χ0v) is 13.2. The highest BCUT2D eigenvalue weighted by atomic mass is 32.1. The van der Waals surface area contributed by atoms with Gasteiger partial charge in [-0.25, -0.2) is 4.98 Å². The Morgan fingerprint density at radius 2 is 2.38 bits per heavy atom. The van der Waals surface area contributed by atoms with Gasteiger partial charge in [-0.05, 0) is 25.5 Å². The fourth-order valence-corrected chi connectivity index (χ4v) is 2.94. The lowest BCUT2D eigenvalue weighted by molar-refractivity contribution is 0.0931. The number of carbonyl (C=O) groups excluding carboxylic acids is 1. The Hall–Kier alpha value is -1.66. The van der Waals surface area contributed by atoms with Crippen LogP contribution in [0.3, 0.4) is 0 Å². The number of amides is 1. The molecule has 114 valence electrons. The van der Waals surface area contributed by atoms with Crippen molar-refractivity contribution in [2.45, 2.75) is 39.2 Å². The highest BCUT2D eigenvalue weighted by Gasteiger charge is 2.19. The molecule has 0 aromatic carbocycles. The Labute approximate surface area is 128 Å². The standard InChI is InChI=1S/C15H21N3O2S/c1-3-4-6-11(9-16)17-14(19)13-10(2)21-15(18-13)12-7-5-8-20-12/h5,7-8,11H,3-4,6,9,16H2,1-2H3,(H,17,19). The van der Waals surface area contributed by atoms with E-state index in [-0.39, 0.29) is 11.9 Å². The number of furan rings is 1. The maximum Gasteiger partial charge on any atom is 0.271 e. The number of aryl methyl sites for hydroxylation is 1. The molecule has 1 unspecified atom stereocenters. The van der Waals surface area contributed by atoms with Gasteiger partial charge in [-0.15, -0.1) is 11.3 Å². The quantitative estimate of drug-likeness (QED) is 0.824. The first kappa shape index (κ1) is 15.7. The van der Waals surface area contributed by atoms with Crippen LogP contribution in [0.15, 0.2) is 22.8 Å². The third kappa shape index (κ3) is 3.92. The molecule has 2 heterocycles. The molecule has 0 saturated carbocycles. The van der Waals surface area contributed by atoms with Crippen molar-refractivity contribution in [3.63, 3.8) is 0 Å². The highest BCUT2D eigenvalue weighted by Crippen LogP contribution is 2.27. The molecule has 2 rings (SSSR count). The molecule has 1 amide bonds. The first-order chi connectivity index (χ1) is 10.2. The van der Waals surface area contributed by atoms with E-state index in [1.807, 2.05) is 13.0 Å². The maximum atomic E-state index is 12.3. The predicted octanol–water partition coefficient (Wildman–Crippen LogP) is 2.96. The van der Waals surface area contributed by atoms with Gasteiger partial charge in [0.2, 0.25) is 0 Å². The summed E-state index contributed by atoms with van der Waals surface area (Å²) in [6.45, 7) is 4.46. The fourth-order valence-electron chi connectivity index (χ4n) is 2.07. The van der Waals surface area contributed by atoms with E-state index in [0.717, 1.165) is 29.1 Å². The van der Waals surface area contributed by atoms with Gasteiger partial charge >= 0.3 is 0 Å². The molecule has 0 aliphatic carbocycles. The lowest BCUT2D eigenvalue weighted by Crippen LogP contribution is -2.40. The third-order valence-electron chi connectivity index (χ3n) is 3.27. The smallest absolute Gasteiger partial charge is 0.271 e. The molecular weight excluding hydrogens is 286 g/mol. The Bertz CT molecular complexity index is 578. The molecule has 0 saturated heterocycles. The maximum absolute atomic E-state index is 12.3. The van der Waals surface area contributed by atoms with Crippen molar-refractivity contribution in [1.82, 2.24) is 10.3 Å². The molecule has 3 N–H and O–H groups in total. The molecule has 0 radical (unpaired) electrons. The average molecular weight is 307 g/mol. The van der Waals surface area contributed by atoms with Crippen LogP contribution < -0.4 is 11.1 Å². The van der Waals surface area contributed by atoms with Gasteiger partial charge in [-0.2, -0.15) is 0 Å². The molecule has 6 heteroatoms. The second-order valence-corrected chi connectivity index (χ2v) is 6.15. The van der Waals surface area contributed by atoms with Crippen molar-refractivity contribution >= 4 is 17.2 Å². The number of nitrogens with one attached hydrogen (secondary N) is 1. The Balaban J connectivity index is 2.08. The van der Waals surface area contributed by atoms with Crippen molar-refractivity contribution in [2.75, 3.05) is 6.54 Å². The number of carbonyl (C=O) groups is 1. The normalized spacial score (nSPS) is 12.3. The molecule has 2 aromatic rings. The van der Waals surface area contributed by atoms with Gasteiger partial charge in [0.1, 0.15) is 5.69 Å². The highest BCUT2D eigenvalue weighted by molar-refractivity contribution is 7.15. The van der Waals surface area contributed by atoms with Crippen LogP contribution in [0.2, 0.25) is 0 Å². The number of aromatic nitrogens is 1. The number of unbranched alkanes of at least 4 members (excludes halogenated alkanes) is 1. The Morgan fingerprint density at radius 3 is 3.00 bits per heavy atom. The van der Waals surface area contributed by atoms with E-state index >= 15 is 0 Å². The summed E-state index contributed by atoms with van der Waals surface area (Å²) in [5.74, 6) is 0.525. The zero-order valence-electron chi connectivity index (χ0n) is 12.4. The van der Waals surface area contributed by atoms with Crippen molar-refractivity contribution in [3.05, 3.63) is 29.0 Å². The van der Waals surface area contributed by atoms with Gasteiger partial charge in [-0.3, -0.25) is 4.79 Å². The summed E-state index contributed by atoms with van der Waals surface area (Å²) in [6.07, 6.45) is 4.63. The molecule has 1 atom stereocenters. The molecule has 2 aromatic heterocycles. The van der Waals surface area contributed by atoms with Crippen LogP contribution in [0.1, 0.15) is 41.6 Å². The Kier molecular flexibility index (Phi) is 5.52. The van der Waals surface area contributed by atoms with E-state index in [1.165, 1.54) is 11.3 Å². The average Bonchev–Trinajstić information content (AvgIpc) is 3.12. The SMILES string of the molecule is CCCCC(CN)NC(=O)c1nc(-c2ccco2)sc1C. The fraction of sp³-hybridized carbons (Fsp3) is 0.467. The summed E-state index contributed by atoms with van der Waals surface area (Å²) in [7, 11) is 0. The number of rotatable bonds is 7. The second kappa shape index (κ2) is 7.38. The van der Waals surface area contributed by atoms with E-state index < -0.39 is 0 Å². The van der Waals surface area contributed by atoms with E-state index in [2.05, 4.69) is 17.2 Å². The van der Waals surface area contributed by atoms with Gasteiger partial charge in [0.15, 0.2) is 10.8 Å². The summed E-state index contributed by atoms with van der Waals surface area (Å²) in [5.41, 5.74) is 6.17. The van der Waals surface area contributed by atoms with Crippen molar-refractivity contribution in [2.24, 2.45) is 5.73 Å². The monoisotopic (exact) mass is 307 g/mol. The first-order valence-electron chi connectivity index (χ1n) is 7.18. The third-order valence-corrected chi connectivity index (χ3v) is 4.25. The van der Waals surface area contributed by atoms with E-state index in [9.17, 15) is 4.79 Å². The predicted molar refractivity (Wildman–Crippen MR) is 84.4 cm³/mol. The topological polar surface area (TPSA) is 81.1 Å². The zero-order chi connectivity index (χ0) is 15.2. The number of hydrogen-bond acceptors (Lipinski definition) is 5. The van der Waals surface area contributed by atoms with E-state index in [1.54, 1.807) is 12.3 Å². The molecule has 21 heavy (non-hydrogen) atoms. The lowest BCUT2D eigenvalue weighted by Gasteiger charge is -2.15. The molecule has 0 bridgehead atoms. The van der Waals surface area contributed by atoms with Crippen molar-refractivity contribution < 1.29 is 9.21 Å². The minimum Gasteiger partial charge on any atom is -0.462 e. The Morgan fingerprint density at radius 1 is 1.57 bits per heavy atom. The van der Waals surface area contributed by atoms with Crippen LogP contribution in [-0.4, -0.2) is 23.5 Å². The minimum atomic E-state index is -0.159. The van der Waals surface area contributed by atoms with Gasteiger partial charge in [-0.1, -0.05) is 19.8 Å². The van der Waals surface area contributed by atoms with Crippen LogP contribution >= 0.6 is 11.3 Å². The van der Waals surface area contributed by atoms with Gasteiger partial charge in [0, 0.05) is 17.5 Å². The largest absolute Gasteiger partial charge is 0.462 e. The van der Waals surface area contributed by atoms with Crippen LogP contribution in [0, 0.1) is 6.92 Å². The minimum absolute atomic E-state index is 0.00520. The van der Waals surface area contributed by atoms with Crippen LogP contribution in [0.25, 0.3) is 10.8 Å². The van der Waals surface area contributed by atoms with Crippen molar-refractivity contribution in [3.8, 4) is 10.8 Å². The molecule has 0 aliphatic heterocycles.